The zero-order chi connectivity index (χ0) is 25.8. The lowest BCUT2D eigenvalue weighted by atomic mass is 9.85. The normalized spacial score (nSPS) is 23.1. The number of nitrogens with one attached hydrogen (secondary N) is 2. The van der Waals surface area contributed by atoms with Gasteiger partial charge in [0.15, 0.2) is 0 Å². The van der Waals surface area contributed by atoms with Crippen LogP contribution in [0.5, 0.6) is 5.75 Å². The Bertz CT molecular complexity index is 1110. The Morgan fingerprint density at radius 2 is 1.64 bits per heavy atom. The maximum Gasteiger partial charge on any atom is 0.338 e. The third-order valence-electron chi connectivity index (χ3n) is 6.36. The molecule has 0 spiro atoms. The van der Waals surface area contributed by atoms with Gasteiger partial charge in [-0.05, 0) is 37.5 Å². The first kappa shape index (κ1) is 25.0. The van der Waals surface area contributed by atoms with Gasteiger partial charge in [0.1, 0.15) is 18.9 Å². The molecule has 1 fully saturated rings. The summed E-state index contributed by atoms with van der Waals surface area (Å²) in [5.74, 6) is -2.65. The Morgan fingerprint density at radius 1 is 1.00 bits per heavy atom. The summed E-state index contributed by atoms with van der Waals surface area (Å²) >= 11 is 0. The fourth-order valence-corrected chi connectivity index (χ4v) is 4.58. The number of nitrogens with zero attached hydrogens (tertiary/aromatic N) is 1. The molecule has 11 nitrogen and oxygen atoms in total. The summed E-state index contributed by atoms with van der Waals surface area (Å²) < 4.78 is 15.6. The van der Waals surface area contributed by atoms with Crippen molar-refractivity contribution < 1.29 is 38.2 Å². The van der Waals surface area contributed by atoms with Crippen molar-refractivity contribution in [2.45, 2.75) is 25.8 Å². The van der Waals surface area contributed by atoms with Gasteiger partial charge in [0.25, 0.3) is 0 Å². The van der Waals surface area contributed by atoms with Gasteiger partial charge in [0, 0.05) is 0 Å². The molecular formula is C25H27N3O8. The van der Waals surface area contributed by atoms with Crippen LogP contribution in [0, 0.1) is 11.8 Å². The number of esters is 2. The third-order valence-corrected chi connectivity index (χ3v) is 6.36. The molecule has 4 rings (SSSR count). The molecule has 1 saturated heterocycles. The van der Waals surface area contributed by atoms with E-state index in [0.717, 1.165) is 4.90 Å². The molecule has 1 aromatic rings. The molecule has 3 aliphatic rings. The number of hydrogen-bond donors (Lipinski definition) is 2. The number of carbonyl (C=O) groups is 5. The molecule has 3 atom stereocenters. The van der Waals surface area contributed by atoms with E-state index in [9.17, 15) is 24.0 Å². The monoisotopic (exact) mass is 497 g/mol. The summed E-state index contributed by atoms with van der Waals surface area (Å²) in [7, 11) is 1.52. The minimum atomic E-state index is -0.866. The molecule has 36 heavy (non-hydrogen) atoms. The molecule has 190 valence electrons. The highest BCUT2D eigenvalue weighted by Crippen LogP contribution is 2.35. The van der Waals surface area contributed by atoms with Crippen LogP contribution in [0.15, 0.2) is 47.7 Å². The average molecular weight is 498 g/mol. The summed E-state index contributed by atoms with van der Waals surface area (Å²) in [6.45, 7) is 0.736. The van der Waals surface area contributed by atoms with E-state index in [1.807, 2.05) is 12.2 Å². The fraction of sp³-hybridized carbons (Fsp3) is 0.400. The number of likely N-dealkylation sites (tertiary alicyclic amines) is 1. The number of amides is 4. The third kappa shape index (κ3) is 4.95. The highest BCUT2D eigenvalue weighted by atomic mass is 16.5. The number of benzene rings is 1. The van der Waals surface area contributed by atoms with Crippen molar-refractivity contribution in [3.63, 3.8) is 0 Å². The van der Waals surface area contributed by atoms with Crippen molar-refractivity contribution >= 4 is 29.8 Å². The van der Waals surface area contributed by atoms with Crippen LogP contribution < -0.4 is 15.4 Å². The average Bonchev–Trinajstić information content (AvgIpc) is 3.12. The number of allylic oxidation sites excluding steroid dienone is 2. The van der Waals surface area contributed by atoms with Crippen LogP contribution in [0.25, 0.3) is 0 Å². The van der Waals surface area contributed by atoms with E-state index in [1.54, 1.807) is 31.2 Å². The number of ether oxygens (including phenoxy) is 3. The quantitative estimate of drug-likeness (QED) is 0.312. The standard InChI is InChI=1S/C25H27N3O8/c1-3-35-24(32)20-18(26-25(33)27-21(20)14-8-10-15(34-2)11-9-14)13-36-19(29)12-28-22(30)16-6-4-5-7-17(16)23(28)31/h4-5,8-11,16-17,21H,3,6-7,12-13H2,1-2H3,(H2,26,27,33). The van der Waals surface area contributed by atoms with Crippen LogP contribution in [0.2, 0.25) is 0 Å². The van der Waals surface area contributed by atoms with Crippen LogP contribution in [0.1, 0.15) is 31.4 Å². The van der Waals surface area contributed by atoms with Crippen LogP contribution >= 0.6 is 0 Å². The number of urea groups is 1. The van der Waals surface area contributed by atoms with Gasteiger partial charge in [-0.3, -0.25) is 19.3 Å². The summed E-state index contributed by atoms with van der Waals surface area (Å²) in [6.07, 6.45) is 4.64. The molecule has 3 unspecified atom stereocenters. The minimum absolute atomic E-state index is 0.0447. The molecule has 2 heterocycles. The van der Waals surface area contributed by atoms with Crippen molar-refractivity contribution in [3.8, 4) is 5.75 Å². The summed E-state index contributed by atoms with van der Waals surface area (Å²) in [6, 6.07) is 5.28. The molecule has 1 aliphatic carbocycles. The van der Waals surface area contributed by atoms with E-state index in [-0.39, 0.29) is 17.9 Å². The van der Waals surface area contributed by atoms with Crippen LogP contribution in [-0.4, -0.2) is 61.6 Å². The lowest BCUT2D eigenvalue weighted by molar-refractivity contribution is -0.152. The van der Waals surface area contributed by atoms with Gasteiger partial charge in [0.2, 0.25) is 11.8 Å². The topological polar surface area (TPSA) is 140 Å². The first-order chi connectivity index (χ1) is 17.3. The Labute approximate surface area is 207 Å². The van der Waals surface area contributed by atoms with Crippen molar-refractivity contribution in [1.29, 1.82) is 0 Å². The van der Waals surface area contributed by atoms with E-state index >= 15 is 0 Å². The smallest absolute Gasteiger partial charge is 0.338 e. The molecule has 0 aromatic heterocycles. The Kier molecular flexibility index (Phi) is 7.37. The number of imide groups is 1. The van der Waals surface area contributed by atoms with Gasteiger partial charge < -0.3 is 24.8 Å². The highest BCUT2D eigenvalue weighted by Gasteiger charge is 2.48. The zero-order valence-electron chi connectivity index (χ0n) is 19.9. The molecule has 11 heteroatoms. The maximum absolute atomic E-state index is 12.8. The van der Waals surface area contributed by atoms with Crippen LogP contribution in [-0.2, 0) is 28.7 Å². The minimum Gasteiger partial charge on any atom is -0.497 e. The van der Waals surface area contributed by atoms with E-state index < -0.39 is 60.8 Å². The van der Waals surface area contributed by atoms with Crippen molar-refractivity contribution in [3.05, 3.63) is 53.3 Å². The van der Waals surface area contributed by atoms with Gasteiger partial charge in [-0.2, -0.15) is 0 Å². The van der Waals surface area contributed by atoms with Gasteiger partial charge in [-0.1, -0.05) is 24.3 Å². The second-order valence-electron chi connectivity index (χ2n) is 8.50. The first-order valence-electron chi connectivity index (χ1n) is 11.6. The predicted octanol–water partition coefficient (Wildman–Crippen LogP) is 1.36. The van der Waals surface area contributed by atoms with E-state index in [1.165, 1.54) is 7.11 Å². The zero-order valence-corrected chi connectivity index (χ0v) is 19.9. The molecular weight excluding hydrogens is 470 g/mol. The molecule has 2 N–H and O–H groups in total. The van der Waals surface area contributed by atoms with Crippen LogP contribution in [0.3, 0.4) is 0 Å². The fourth-order valence-electron chi connectivity index (χ4n) is 4.58. The number of hydrogen-bond acceptors (Lipinski definition) is 8. The number of carbonyl (C=O) groups excluding carboxylic acids is 5. The molecule has 0 radical (unpaired) electrons. The van der Waals surface area contributed by atoms with Gasteiger partial charge in [0.05, 0.1) is 42.9 Å². The van der Waals surface area contributed by atoms with Gasteiger partial charge in [-0.25, -0.2) is 9.59 Å². The van der Waals surface area contributed by atoms with Crippen LogP contribution in [0.4, 0.5) is 4.79 Å². The summed E-state index contributed by atoms with van der Waals surface area (Å²) in [5, 5.41) is 5.19. The SMILES string of the molecule is CCOC(=O)C1=C(COC(=O)CN2C(=O)C3CC=CCC3C2=O)NC(=O)NC1c1ccc(OC)cc1. The largest absolute Gasteiger partial charge is 0.497 e. The molecule has 1 aromatic carbocycles. The molecule has 0 saturated carbocycles. The Hall–Kier alpha value is -4.15. The van der Waals surface area contributed by atoms with Crippen molar-refractivity contribution in [2.24, 2.45) is 11.8 Å². The highest BCUT2D eigenvalue weighted by molar-refractivity contribution is 6.07. The van der Waals surface area contributed by atoms with Crippen molar-refractivity contribution in [1.82, 2.24) is 15.5 Å². The van der Waals surface area contributed by atoms with Crippen molar-refractivity contribution in [2.75, 3.05) is 26.9 Å². The molecule has 2 aliphatic heterocycles. The number of methoxy groups -OCH3 is 1. The van der Waals surface area contributed by atoms with Gasteiger partial charge in [-0.15, -0.1) is 0 Å². The van der Waals surface area contributed by atoms with Gasteiger partial charge >= 0.3 is 18.0 Å². The summed E-state index contributed by atoms with van der Waals surface area (Å²) in [5.41, 5.74) is 0.699. The van der Waals surface area contributed by atoms with E-state index in [0.29, 0.717) is 24.2 Å². The first-order valence-corrected chi connectivity index (χ1v) is 11.6. The predicted molar refractivity (Wildman–Crippen MR) is 124 cm³/mol. The summed E-state index contributed by atoms with van der Waals surface area (Å²) in [4.78, 5) is 63.9. The Morgan fingerprint density at radius 3 is 2.22 bits per heavy atom. The molecule has 0 bridgehead atoms. The maximum atomic E-state index is 12.8. The lowest BCUT2D eigenvalue weighted by Gasteiger charge is -2.29. The van der Waals surface area contributed by atoms with E-state index in [2.05, 4.69) is 10.6 Å². The van der Waals surface area contributed by atoms with E-state index in [4.69, 9.17) is 14.2 Å². The number of rotatable bonds is 8. The Balaban J connectivity index is 1.51. The number of fused-ring (bicyclic) bond motifs is 1. The lowest BCUT2D eigenvalue weighted by Crippen LogP contribution is -2.47. The second kappa shape index (κ2) is 10.6. The second-order valence-corrected chi connectivity index (χ2v) is 8.50. The molecule has 4 amide bonds.